The second kappa shape index (κ2) is 7.10. The molecule has 1 saturated heterocycles. The molecule has 2 fully saturated rings. The van der Waals surface area contributed by atoms with Gasteiger partial charge in [-0.2, -0.15) is 17.7 Å². The van der Waals surface area contributed by atoms with E-state index in [1.807, 2.05) is 0 Å². The van der Waals surface area contributed by atoms with Crippen molar-refractivity contribution >= 4 is 18.6 Å². The number of esters is 1. The monoisotopic (exact) mass is 329 g/mol. The quantitative estimate of drug-likeness (QED) is 0.630. The Balaban J connectivity index is 2.05. The van der Waals surface area contributed by atoms with Crippen molar-refractivity contribution in [3.8, 4) is 0 Å². The van der Waals surface area contributed by atoms with Crippen molar-refractivity contribution in [3.63, 3.8) is 0 Å². The Hall–Kier alpha value is -0.260. The fourth-order valence-corrected chi connectivity index (χ4v) is 4.16. The minimum absolute atomic E-state index is 0.0594. The Morgan fingerprint density at radius 2 is 1.59 bits per heavy atom. The highest BCUT2D eigenvalue weighted by molar-refractivity contribution is 7.81. The molecule has 1 heterocycles. The van der Waals surface area contributed by atoms with Gasteiger partial charge in [-0.3, -0.25) is 9.63 Å². The van der Waals surface area contributed by atoms with Crippen molar-refractivity contribution in [2.75, 3.05) is 5.75 Å². The van der Waals surface area contributed by atoms with Gasteiger partial charge < -0.3 is 4.74 Å². The summed E-state index contributed by atoms with van der Waals surface area (Å²) < 4.78 is 5.55. The van der Waals surface area contributed by atoms with Crippen LogP contribution in [-0.4, -0.2) is 40.1 Å². The minimum Gasteiger partial charge on any atom is -0.462 e. The van der Waals surface area contributed by atoms with Crippen molar-refractivity contribution in [2.24, 2.45) is 0 Å². The number of hydroxylamine groups is 2. The molecule has 0 radical (unpaired) electrons. The fraction of sp³-hybridized carbons (Fsp3) is 0.941. The highest BCUT2D eigenvalue weighted by atomic mass is 32.1. The molecule has 4 nitrogen and oxygen atoms in total. The topological polar surface area (TPSA) is 38.8 Å². The summed E-state index contributed by atoms with van der Waals surface area (Å²) in [6.07, 6.45) is 8.03. The van der Waals surface area contributed by atoms with Gasteiger partial charge >= 0.3 is 5.97 Å². The average molecular weight is 330 g/mol. The summed E-state index contributed by atoms with van der Waals surface area (Å²) in [5, 5.41) is 2.18. The number of carbonyl (C=O) groups is 1. The van der Waals surface area contributed by atoms with E-state index in [0.29, 0.717) is 6.10 Å². The number of thiol groups is 1. The maximum Gasteiger partial charge on any atom is 0.315 e. The van der Waals surface area contributed by atoms with Gasteiger partial charge in [0, 0.05) is 23.9 Å². The van der Waals surface area contributed by atoms with Crippen LogP contribution in [-0.2, 0) is 14.4 Å². The normalized spacial score (nSPS) is 26.8. The van der Waals surface area contributed by atoms with Crippen molar-refractivity contribution in [3.05, 3.63) is 0 Å². The van der Waals surface area contributed by atoms with E-state index in [9.17, 15) is 4.79 Å². The third-order valence-electron chi connectivity index (χ3n) is 4.79. The Bertz CT molecular complexity index is 373. The SMILES string of the molecule is CC1(C)CC(OC(=O)CS)CC(C)(C)N1OC1CCCCC1. The van der Waals surface area contributed by atoms with Crippen LogP contribution in [0.5, 0.6) is 0 Å². The van der Waals surface area contributed by atoms with E-state index in [1.54, 1.807) is 0 Å². The molecule has 5 heteroatoms. The van der Waals surface area contributed by atoms with E-state index in [1.165, 1.54) is 19.3 Å². The molecular formula is C17H31NO3S. The Morgan fingerprint density at radius 3 is 2.09 bits per heavy atom. The van der Waals surface area contributed by atoms with Crippen LogP contribution >= 0.6 is 12.6 Å². The molecule has 1 aliphatic heterocycles. The molecule has 0 aromatic heterocycles. The molecule has 2 rings (SSSR count). The zero-order chi connectivity index (χ0) is 16.4. The lowest BCUT2D eigenvalue weighted by atomic mass is 9.80. The summed E-state index contributed by atoms with van der Waals surface area (Å²) in [6, 6.07) is 0. The molecule has 0 amide bonds. The van der Waals surface area contributed by atoms with Crippen LogP contribution < -0.4 is 0 Å². The Morgan fingerprint density at radius 1 is 1.05 bits per heavy atom. The first-order valence-electron chi connectivity index (χ1n) is 8.52. The summed E-state index contributed by atoms with van der Waals surface area (Å²) in [4.78, 5) is 18.0. The van der Waals surface area contributed by atoms with Gasteiger partial charge in [0.05, 0.1) is 11.9 Å². The second-order valence-electron chi connectivity index (χ2n) is 7.96. The summed E-state index contributed by atoms with van der Waals surface area (Å²) in [6.45, 7) is 8.72. The first-order chi connectivity index (χ1) is 10.2. The zero-order valence-corrected chi connectivity index (χ0v) is 15.3. The van der Waals surface area contributed by atoms with Gasteiger partial charge in [-0.05, 0) is 40.5 Å². The van der Waals surface area contributed by atoms with Crippen molar-refractivity contribution < 1.29 is 14.4 Å². The third-order valence-corrected chi connectivity index (χ3v) is 5.05. The molecule has 128 valence electrons. The van der Waals surface area contributed by atoms with Gasteiger partial charge in [0.15, 0.2) is 0 Å². The number of ether oxygens (including phenoxy) is 1. The maximum atomic E-state index is 11.6. The number of piperidine rings is 1. The van der Waals surface area contributed by atoms with Gasteiger partial charge in [0.25, 0.3) is 0 Å². The number of carbonyl (C=O) groups excluding carboxylic acids is 1. The van der Waals surface area contributed by atoms with Crippen LogP contribution in [0.15, 0.2) is 0 Å². The third kappa shape index (κ3) is 4.39. The van der Waals surface area contributed by atoms with Crippen LogP contribution in [0, 0.1) is 0 Å². The van der Waals surface area contributed by atoms with Crippen molar-refractivity contribution in [2.45, 2.75) is 95.9 Å². The van der Waals surface area contributed by atoms with Gasteiger partial charge in [-0.15, -0.1) is 0 Å². The molecule has 0 unspecified atom stereocenters. The number of rotatable bonds is 4. The summed E-state index contributed by atoms with van der Waals surface area (Å²) >= 11 is 4.00. The average Bonchev–Trinajstić information content (AvgIpc) is 2.43. The lowest BCUT2D eigenvalue weighted by Gasteiger charge is -2.54. The molecule has 0 aromatic rings. The summed E-state index contributed by atoms with van der Waals surface area (Å²) in [7, 11) is 0. The van der Waals surface area contributed by atoms with Gasteiger partial charge in [0.2, 0.25) is 0 Å². The fourth-order valence-electron chi connectivity index (χ4n) is 4.08. The van der Waals surface area contributed by atoms with Gasteiger partial charge in [-0.1, -0.05) is 19.3 Å². The minimum atomic E-state index is -0.235. The highest BCUT2D eigenvalue weighted by Gasteiger charge is 2.48. The standard InChI is InChI=1S/C17H31NO3S/c1-16(2)10-14(20-15(19)12-22)11-17(3,4)18(16)21-13-8-6-5-7-9-13/h13-14,22H,5-12H2,1-4H3. The number of hydrogen-bond donors (Lipinski definition) is 1. The van der Waals surface area contributed by atoms with E-state index in [4.69, 9.17) is 9.57 Å². The largest absolute Gasteiger partial charge is 0.462 e. The lowest BCUT2D eigenvalue weighted by molar-refractivity contribution is -0.317. The predicted octanol–water partition coefficient (Wildman–Crippen LogP) is 3.75. The van der Waals surface area contributed by atoms with Crippen molar-refractivity contribution in [1.82, 2.24) is 5.06 Å². The highest BCUT2D eigenvalue weighted by Crippen LogP contribution is 2.41. The molecule has 0 spiro atoms. The van der Waals surface area contributed by atoms with Gasteiger partial charge in [-0.25, -0.2) is 0 Å². The molecule has 0 bridgehead atoms. The number of nitrogens with zero attached hydrogens (tertiary/aromatic N) is 1. The molecule has 22 heavy (non-hydrogen) atoms. The van der Waals surface area contributed by atoms with Crippen LogP contribution in [0.1, 0.15) is 72.6 Å². The molecular weight excluding hydrogens is 298 g/mol. The van der Waals surface area contributed by atoms with E-state index in [-0.39, 0.29) is 28.9 Å². The van der Waals surface area contributed by atoms with Crippen LogP contribution in [0.4, 0.5) is 0 Å². The molecule has 1 aliphatic carbocycles. The number of hydrogen-bond acceptors (Lipinski definition) is 5. The van der Waals surface area contributed by atoms with E-state index in [2.05, 4.69) is 45.4 Å². The van der Waals surface area contributed by atoms with E-state index < -0.39 is 0 Å². The Labute approximate surface area is 140 Å². The van der Waals surface area contributed by atoms with Crippen molar-refractivity contribution in [1.29, 1.82) is 0 Å². The first kappa shape index (κ1) is 18.1. The van der Waals surface area contributed by atoms with E-state index in [0.717, 1.165) is 25.7 Å². The molecule has 0 atom stereocenters. The molecule has 1 saturated carbocycles. The smallest absolute Gasteiger partial charge is 0.315 e. The second-order valence-corrected chi connectivity index (χ2v) is 8.28. The molecule has 0 aromatic carbocycles. The summed E-state index contributed by atoms with van der Waals surface area (Å²) in [5.41, 5.74) is -0.304. The lowest BCUT2D eigenvalue weighted by Crippen LogP contribution is -2.63. The Kier molecular flexibility index (Phi) is 5.84. The van der Waals surface area contributed by atoms with Gasteiger partial charge in [0.1, 0.15) is 6.10 Å². The van der Waals surface area contributed by atoms with E-state index >= 15 is 0 Å². The van der Waals surface area contributed by atoms with Crippen LogP contribution in [0.3, 0.4) is 0 Å². The zero-order valence-electron chi connectivity index (χ0n) is 14.4. The first-order valence-corrected chi connectivity index (χ1v) is 9.15. The van der Waals surface area contributed by atoms with Crippen LogP contribution in [0.2, 0.25) is 0 Å². The van der Waals surface area contributed by atoms with Crippen LogP contribution in [0.25, 0.3) is 0 Å². The molecule has 2 aliphatic rings. The predicted molar refractivity (Wildman–Crippen MR) is 90.9 cm³/mol. The molecule has 0 N–H and O–H groups in total. The summed E-state index contributed by atoms with van der Waals surface area (Å²) in [5.74, 6) is -0.0961. The maximum absolute atomic E-state index is 11.6.